The van der Waals surface area contributed by atoms with Gasteiger partial charge in [-0.15, -0.1) is 0 Å². The topological polar surface area (TPSA) is 30.0 Å². The summed E-state index contributed by atoms with van der Waals surface area (Å²) in [6.45, 7) is 0. The molecule has 0 fully saturated rings. The van der Waals surface area contributed by atoms with Crippen molar-refractivity contribution in [1.82, 2.24) is 4.98 Å². The minimum atomic E-state index is -0.409. The first-order valence-corrected chi connectivity index (χ1v) is 7.40. The van der Waals surface area contributed by atoms with E-state index in [0.717, 1.165) is 30.5 Å². The zero-order valence-corrected chi connectivity index (χ0v) is 12.4. The first-order chi connectivity index (χ1) is 9.68. The molecule has 3 rings (SSSR count). The molecule has 0 N–H and O–H groups in total. The lowest BCUT2D eigenvalue weighted by atomic mass is 9.82. The number of Topliss-reactive ketones (excluding diaryl/α,β-unsaturated/α-hetero) is 1. The molecule has 1 aromatic heterocycles. The summed E-state index contributed by atoms with van der Waals surface area (Å²) >= 11 is 3.17. The maximum Gasteiger partial charge on any atom is 0.173 e. The van der Waals surface area contributed by atoms with Gasteiger partial charge in [0.25, 0.3) is 0 Å². The molecule has 1 aliphatic carbocycles. The highest BCUT2D eigenvalue weighted by Crippen LogP contribution is 2.34. The SMILES string of the molecule is O=C(c1cccc(F)c1Br)C1CCCc2cccnc21. The molecule has 0 amide bonds. The average Bonchev–Trinajstić information content (AvgIpc) is 2.49. The van der Waals surface area contributed by atoms with Crippen LogP contribution in [0.25, 0.3) is 0 Å². The smallest absolute Gasteiger partial charge is 0.173 e. The third kappa shape index (κ3) is 2.29. The number of aryl methyl sites for hydroxylation is 1. The Kier molecular flexibility index (Phi) is 3.66. The van der Waals surface area contributed by atoms with Crippen LogP contribution >= 0.6 is 15.9 Å². The number of carbonyl (C=O) groups excluding carboxylic acids is 1. The Balaban J connectivity index is 2.02. The molecule has 1 heterocycles. The van der Waals surface area contributed by atoms with Gasteiger partial charge >= 0.3 is 0 Å². The second-order valence-corrected chi connectivity index (χ2v) is 5.75. The van der Waals surface area contributed by atoms with E-state index in [-0.39, 0.29) is 16.2 Å². The molecule has 1 aliphatic rings. The van der Waals surface area contributed by atoms with Crippen molar-refractivity contribution in [1.29, 1.82) is 0 Å². The second-order valence-electron chi connectivity index (χ2n) is 4.96. The van der Waals surface area contributed by atoms with E-state index in [1.165, 1.54) is 6.07 Å². The quantitative estimate of drug-likeness (QED) is 0.767. The number of hydrogen-bond donors (Lipinski definition) is 0. The fraction of sp³-hybridized carbons (Fsp3) is 0.250. The molecule has 2 aromatic rings. The van der Waals surface area contributed by atoms with E-state index in [1.54, 1.807) is 18.3 Å². The van der Waals surface area contributed by atoms with E-state index in [2.05, 4.69) is 20.9 Å². The minimum absolute atomic E-state index is 0.0592. The first kappa shape index (κ1) is 13.4. The van der Waals surface area contributed by atoms with Gasteiger partial charge in [0.15, 0.2) is 5.78 Å². The maximum atomic E-state index is 13.6. The van der Waals surface area contributed by atoms with Gasteiger partial charge in [0.2, 0.25) is 0 Å². The van der Waals surface area contributed by atoms with Crippen LogP contribution in [0.2, 0.25) is 0 Å². The summed E-state index contributed by atoms with van der Waals surface area (Å²) in [5, 5.41) is 0. The second kappa shape index (κ2) is 5.44. The first-order valence-electron chi connectivity index (χ1n) is 6.60. The van der Waals surface area contributed by atoms with E-state index in [9.17, 15) is 9.18 Å². The molecule has 4 heteroatoms. The van der Waals surface area contributed by atoms with E-state index in [0.29, 0.717) is 5.56 Å². The van der Waals surface area contributed by atoms with Gasteiger partial charge in [-0.1, -0.05) is 18.2 Å². The number of carbonyl (C=O) groups is 1. The highest BCUT2D eigenvalue weighted by atomic mass is 79.9. The monoisotopic (exact) mass is 333 g/mol. The lowest BCUT2D eigenvalue weighted by molar-refractivity contribution is 0.0947. The summed E-state index contributed by atoms with van der Waals surface area (Å²) in [6.07, 6.45) is 4.40. The molecular weight excluding hydrogens is 321 g/mol. The van der Waals surface area contributed by atoms with Crippen molar-refractivity contribution in [2.75, 3.05) is 0 Å². The summed E-state index contributed by atoms with van der Waals surface area (Å²) in [5.74, 6) is -0.734. The lowest BCUT2D eigenvalue weighted by Crippen LogP contribution is -2.20. The van der Waals surface area contributed by atoms with Gasteiger partial charge in [-0.2, -0.15) is 0 Å². The largest absolute Gasteiger partial charge is 0.293 e. The zero-order chi connectivity index (χ0) is 14.1. The third-order valence-corrected chi connectivity index (χ3v) is 4.53. The molecule has 0 saturated heterocycles. The molecule has 0 aliphatic heterocycles. The van der Waals surface area contributed by atoms with Crippen LogP contribution in [0.15, 0.2) is 41.0 Å². The van der Waals surface area contributed by atoms with Crippen molar-refractivity contribution in [2.24, 2.45) is 0 Å². The van der Waals surface area contributed by atoms with Crippen molar-refractivity contribution in [3.05, 3.63) is 63.6 Å². The molecule has 0 saturated carbocycles. The fourth-order valence-corrected chi connectivity index (χ4v) is 3.21. The predicted molar refractivity (Wildman–Crippen MR) is 78.3 cm³/mol. The average molecular weight is 334 g/mol. The number of rotatable bonds is 2. The highest BCUT2D eigenvalue weighted by molar-refractivity contribution is 9.10. The maximum absolute atomic E-state index is 13.6. The van der Waals surface area contributed by atoms with Crippen LogP contribution in [0.3, 0.4) is 0 Å². The Morgan fingerprint density at radius 3 is 3.00 bits per heavy atom. The molecule has 0 radical (unpaired) electrons. The molecule has 2 nitrogen and oxygen atoms in total. The molecule has 0 spiro atoms. The van der Waals surface area contributed by atoms with Crippen LogP contribution in [-0.4, -0.2) is 10.8 Å². The summed E-state index contributed by atoms with van der Waals surface area (Å²) in [4.78, 5) is 17.1. The molecule has 1 unspecified atom stereocenters. The molecule has 102 valence electrons. The zero-order valence-electron chi connectivity index (χ0n) is 10.8. The Labute approximate surface area is 125 Å². The van der Waals surface area contributed by atoms with Gasteiger partial charge in [0, 0.05) is 11.8 Å². The van der Waals surface area contributed by atoms with Crippen LogP contribution in [0.5, 0.6) is 0 Å². The third-order valence-electron chi connectivity index (χ3n) is 3.73. The number of aromatic nitrogens is 1. The van der Waals surface area contributed by atoms with Crippen molar-refractivity contribution in [3.8, 4) is 0 Å². The van der Waals surface area contributed by atoms with Crippen LogP contribution in [0.1, 0.15) is 40.4 Å². The number of benzene rings is 1. The standard InChI is InChI=1S/C16H13BrFNO/c17-14-11(6-2-8-13(14)18)16(20)12-7-1-4-10-5-3-9-19-15(10)12/h2-3,5-6,8-9,12H,1,4,7H2. The van der Waals surface area contributed by atoms with Gasteiger partial charge < -0.3 is 0 Å². The Hall–Kier alpha value is -1.55. The van der Waals surface area contributed by atoms with Crippen LogP contribution in [0, 0.1) is 5.82 Å². The lowest BCUT2D eigenvalue weighted by Gasteiger charge is -2.23. The van der Waals surface area contributed by atoms with E-state index >= 15 is 0 Å². The molecule has 1 aromatic carbocycles. The normalized spacial score (nSPS) is 17.6. The Morgan fingerprint density at radius 1 is 1.30 bits per heavy atom. The minimum Gasteiger partial charge on any atom is -0.293 e. The van der Waals surface area contributed by atoms with Crippen molar-refractivity contribution in [3.63, 3.8) is 0 Å². The van der Waals surface area contributed by atoms with Crippen molar-refractivity contribution in [2.45, 2.75) is 25.2 Å². The van der Waals surface area contributed by atoms with Crippen LogP contribution in [-0.2, 0) is 6.42 Å². The van der Waals surface area contributed by atoms with Gasteiger partial charge in [0.1, 0.15) is 5.82 Å². The van der Waals surface area contributed by atoms with Gasteiger partial charge in [-0.05, 0) is 52.9 Å². The predicted octanol–water partition coefficient (Wildman–Crippen LogP) is 4.29. The van der Waals surface area contributed by atoms with Crippen molar-refractivity contribution < 1.29 is 9.18 Å². The van der Waals surface area contributed by atoms with E-state index in [1.807, 2.05) is 12.1 Å². The van der Waals surface area contributed by atoms with E-state index in [4.69, 9.17) is 0 Å². The fourth-order valence-electron chi connectivity index (χ4n) is 2.75. The molecule has 20 heavy (non-hydrogen) atoms. The van der Waals surface area contributed by atoms with Crippen molar-refractivity contribution >= 4 is 21.7 Å². The Morgan fingerprint density at radius 2 is 2.15 bits per heavy atom. The number of hydrogen-bond acceptors (Lipinski definition) is 2. The number of pyridine rings is 1. The number of ketones is 1. The summed E-state index contributed by atoms with van der Waals surface area (Å²) in [5.41, 5.74) is 2.37. The van der Waals surface area contributed by atoms with Gasteiger partial charge in [-0.3, -0.25) is 9.78 Å². The van der Waals surface area contributed by atoms with Gasteiger partial charge in [-0.25, -0.2) is 4.39 Å². The number of halogens is 2. The molecule has 1 atom stereocenters. The molecule has 0 bridgehead atoms. The summed E-state index contributed by atoms with van der Waals surface area (Å²) in [6, 6.07) is 8.47. The number of fused-ring (bicyclic) bond motifs is 1. The summed E-state index contributed by atoms with van der Waals surface area (Å²) in [7, 11) is 0. The van der Waals surface area contributed by atoms with E-state index < -0.39 is 5.82 Å². The van der Waals surface area contributed by atoms with Crippen LogP contribution in [0.4, 0.5) is 4.39 Å². The summed E-state index contributed by atoms with van der Waals surface area (Å²) < 4.78 is 13.8. The highest BCUT2D eigenvalue weighted by Gasteiger charge is 2.29. The molecular formula is C16H13BrFNO. The van der Waals surface area contributed by atoms with Gasteiger partial charge in [0.05, 0.1) is 16.1 Å². The Bertz CT molecular complexity index is 671. The number of nitrogens with zero attached hydrogens (tertiary/aromatic N) is 1. The van der Waals surface area contributed by atoms with Crippen LogP contribution < -0.4 is 0 Å².